The van der Waals surface area contributed by atoms with Gasteiger partial charge in [0.25, 0.3) is 5.91 Å². The summed E-state index contributed by atoms with van der Waals surface area (Å²) in [5.41, 5.74) is 5.25. The van der Waals surface area contributed by atoms with Crippen LogP contribution in [0.4, 0.5) is 10.1 Å². The van der Waals surface area contributed by atoms with Crippen molar-refractivity contribution in [2.24, 2.45) is 5.73 Å². The number of hydrogen-bond donors (Lipinski definition) is 2. The Labute approximate surface area is 148 Å². The van der Waals surface area contributed by atoms with Gasteiger partial charge in [0.15, 0.2) is 11.6 Å². The maximum atomic E-state index is 14.2. The number of anilines is 1. The molecular formula is C17H16FN3O5. The van der Waals surface area contributed by atoms with Crippen LogP contribution in [0.15, 0.2) is 36.5 Å². The first kappa shape index (κ1) is 18.8. The van der Waals surface area contributed by atoms with Gasteiger partial charge in [-0.2, -0.15) is 0 Å². The minimum atomic E-state index is -0.753. The first-order valence-electron chi connectivity index (χ1n) is 7.57. The molecule has 26 heavy (non-hydrogen) atoms. The Kier molecular flexibility index (Phi) is 6.20. The Hall–Kier alpha value is -3.49. The molecule has 0 aliphatic rings. The predicted octanol–water partition coefficient (Wildman–Crippen LogP) is 2.00. The number of rotatable bonds is 7. The minimum absolute atomic E-state index is 0.0224. The van der Waals surface area contributed by atoms with Crippen LogP contribution >= 0.6 is 0 Å². The van der Waals surface area contributed by atoms with Crippen molar-refractivity contribution in [2.45, 2.75) is 13.3 Å². The number of carbonyl (C=O) groups is 3. The number of nitrogens with one attached hydrogen (secondary N) is 1. The highest BCUT2D eigenvalue weighted by molar-refractivity contribution is 6.01. The van der Waals surface area contributed by atoms with Gasteiger partial charge in [-0.3, -0.25) is 19.4 Å². The molecule has 0 saturated carbocycles. The summed E-state index contributed by atoms with van der Waals surface area (Å²) in [7, 11) is 0. The number of ether oxygens (including phenoxy) is 2. The van der Waals surface area contributed by atoms with E-state index in [0.717, 1.165) is 6.07 Å². The van der Waals surface area contributed by atoms with Crippen LogP contribution in [0.1, 0.15) is 23.8 Å². The Morgan fingerprint density at radius 2 is 2.00 bits per heavy atom. The van der Waals surface area contributed by atoms with Crippen molar-refractivity contribution in [1.29, 1.82) is 0 Å². The Morgan fingerprint density at radius 1 is 1.23 bits per heavy atom. The number of halogens is 1. The third kappa shape index (κ3) is 5.26. The van der Waals surface area contributed by atoms with Crippen molar-refractivity contribution >= 4 is 23.5 Å². The number of benzene rings is 1. The van der Waals surface area contributed by atoms with Crippen LogP contribution in [0.25, 0.3) is 0 Å². The summed E-state index contributed by atoms with van der Waals surface area (Å²) in [4.78, 5) is 37.7. The van der Waals surface area contributed by atoms with Crippen LogP contribution in [0, 0.1) is 5.82 Å². The van der Waals surface area contributed by atoms with E-state index < -0.39 is 30.0 Å². The molecule has 0 bridgehead atoms. The van der Waals surface area contributed by atoms with Gasteiger partial charge >= 0.3 is 5.97 Å². The largest absolute Gasteiger partial charge is 0.466 e. The molecular weight excluding hydrogens is 345 g/mol. The molecule has 0 radical (unpaired) electrons. The van der Waals surface area contributed by atoms with Crippen LogP contribution < -0.4 is 15.8 Å². The SMILES string of the molecule is CCOC(=O)CC(=O)Nc1ccc(Oc2ccnc(C(N)=O)c2)c(F)c1. The van der Waals surface area contributed by atoms with E-state index in [0.29, 0.717) is 0 Å². The Bertz CT molecular complexity index is 841. The van der Waals surface area contributed by atoms with E-state index >= 15 is 0 Å². The van der Waals surface area contributed by atoms with E-state index in [1.807, 2.05) is 0 Å². The number of aromatic nitrogens is 1. The molecule has 0 aliphatic heterocycles. The number of hydrogen-bond acceptors (Lipinski definition) is 6. The lowest BCUT2D eigenvalue weighted by Crippen LogP contribution is -2.18. The monoisotopic (exact) mass is 361 g/mol. The highest BCUT2D eigenvalue weighted by Crippen LogP contribution is 2.26. The summed E-state index contributed by atoms with van der Waals surface area (Å²) < 4.78 is 24.2. The van der Waals surface area contributed by atoms with Crippen LogP contribution in [-0.4, -0.2) is 29.4 Å². The van der Waals surface area contributed by atoms with E-state index in [9.17, 15) is 18.8 Å². The smallest absolute Gasteiger partial charge is 0.315 e. The molecule has 9 heteroatoms. The van der Waals surface area contributed by atoms with Crippen molar-refractivity contribution in [3.8, 4) is 11.5 Å². The highest BCUT2D eigenvalue weighted by Gasteiger charge is 2.13. The van der Waals surface area contributed by atoms with Gasteiger partial charge in [-0.1, -0.05) is 0 Å². The number of nitrogens with two attached hydrogens (primary N) is 1. The molecule has 0 aliphatic carbocycles. The third-order valence-corrected chi connectivity index (χ3v) is 3.04. The van der Waals surface area contributed by atoms with E-state index in [2.05, 4.69) is 15.0 Å². The summed E-state index contributed by atoms with van der Waals surface area (Å²) in [5.74, 6) is -2.75. The Balaban J connectivity index is 2.05. The lowest BCUT2D eigenvalue weighted by atomic mass is 10.2. The fourth-order valence-corrected chi connectivity index (χ4v) is 1.95. The van der Waals surface area contributed by atoms with Crippen LogP contribution in [0.3, 0.4) is 0 Å². The second-order valence-electron chi connectivity index (χ2n) is 5.02. The number of carbonyl (C=O) groups excluding carboxylic acids is 3. The topological polar surface area (TPSA) is 121 Å². The second-order valence-corrected chi connectivity index (χ2v) is 5.02. The molecule has 0 fully saturated rings. The summed E-state index contributed by atoms with van der Waals surface area (Å²) >= 11 is 0. The van der Waals surface area contributed by atoms with Gasteiger partial charge in [-0.25, -0.2) is 4.39 Å². The zero-order chi connectivity index (χ0) is 19.1. The van der Waals surface area contributed by atoms with E-state index in [1.54, 1.807) is 6.92 Å². The van der Waals surface area contributed by atoms with Gasteiger partial charge in [0.2, 0.25) is 5.91 Å². The molecule has 0 spiro atoms. The molecule has 136 valence electrons. The van der Waals surface area contributed by atoms with Crippen molar-refractivity contribution < 1.29 is 28.2 Å². The normalized spacial score (nSPS) is 10.1. The summed E-state index contributed by atoms with van der Waals surface area (Å²) in [6.07, 6.45) is 0.831. The Morgan fingerprint density at radius 3 is 2.65 bits per heavy atom. The lowest BCUT2D eigenvalue weighted by Gasteiger charge is -2.10. The zero-order valence-electron chi connectivity index (χ0n) is 13.8. The molecule has 1 aromatic heterocycles. The van der Waals surface area contributed by atoms with Crippen molar-refractivity contribution in [2.75, 3.05) is 11.9 Å². The molecule has 2 aromatic rings. The first-order valence-corrected chi connectivity index (χ1v) is 7.57. The molecule has 0 atom stereocenters. The van der Waals surface area contributed by atoms with Crippen molar-refractivity contribution in [3.05, 3.63) is 48.0 Å². The highest BCUT2D eigenvalue weighted by atomic mass is 19.1. The van der Waals surface area contributed by atoms with E-state index in [1.165, 1.54) is 30.5 Å². The summed E-state index contributed by atoms with van der Waals surface area (Å²) in [6, 6.07) is 6.43. The van der Waals surface area contributed by atoms with Gasteiger partial charge < -0.3 is 20.5 Å². The van der Waals surface area contributed by atoms with Gasteiger partial charge in [0.1, 0.15) is 17.9 Å². The molecule has 3 N–H and O–H groups in total. The second kappa shape index (κ2) is 8.56. The predicted molar refractivity (Wildman–Crippen MR) is 89.1 cm³/mol. The molecule has 2 amide bonds. The summed E-state index contributed by atoms with van der Waals surface area (Å²) in [5, 5.41) is 2.38. The maximum absolute atomic E-state index is 14.2. The minimum Gasteiger partial charge on any atom is -0.466 e. The first-order chi connectivity index (χ1) is 12.4. The quantitative estimate of drug-likeness (QED) is 0.575. The van der Waals surface area contributed by atoms with Gasteiger partial charge in [0.05, 0.1) is 6.61 Å². The summed E-state index contributed by atoms with van der Waals surface area (Å²) in [6.45, 7) is 1.79. The molecule has 0 saturated heterocycles. The number of esters is 1. The molecule has 2 rings (SSSR count). The standard InChI is InChI=1S/C17H16FN3O5/c1-2-25-16(23)9-15(22)21-10-3-4-14(12(18)7-10)26-11-5-6-20-13(8-11)17(19)24/h3-8H,2,9H2,1H3,(H2,19,24)(H,21,22). The number of pyridine rings is 1. The third-order valence-electron chi connectivity index (χ3n) is 3.04. The van der Waals surface area contributed by atoms with Crippen molar-refractivity contribution in [1.82, 2.24) is 4.98 Å². The van der Waals surface area contributed by atoms with Gasteiger partial charge in [-0.05, 0) is 25.1 Å². The van der Waals surface area contributed by atoms with Crippen LogP contribution in [-0.2, 0) is 14.3 Å². The average Bonchev–Trinajstić information content (AvgIpc) is 2.57. The molecule has 1 heterocycles. The van der Waals surface area contributed by atoms with Crippen LogP contribution in [0.5, 0.6) is 11.5 Å². The maximum Gasteiger partial charge on any atom is 0.315 e. The van der Waals surface area contributed by atoms with E-state index in [4.69, 9.17) is 10.5 Å². The fourth-order valence-electron chi connectivity index (χ4n) is 1.95. The molecule has 0 unspecified atom stereocenters. The number of primary amides is 1. The average molecular weight is 361 g/mol. The number of amides is 2. The lowest BCUT2D eigenvalue weighted by molar-refractivity contribution is -0.145. The van der Waals surface area contributed by atoms with Crippen LogP contribution in [0.2, 0.25) is 0 Å². The number of nitrogens with zero attached hydrogens (tertiary/aromatic N) is 1. The molecule has 8 nitrogen and oxygen atoms in total. The molecule has 1 aromatic carbocycles. The zero-order valence-corrected chi connectivity index (χ0v) is 13.8. The van der Waals surface area contributed by atoms with Gasteiger partial charge in [-0.15, -0.1) is 0 Å². The van der Waals surface area contributed by atoms with Crippen molar-refractivity contribution in [3.63, 3.8) is 0 Å². The van der Waals surface area contributed by atoms with E-state index in [-0.39, 0.29) is 29.5 Å². The van der Waals surface area contributed by atoms with Gasteiger partial charge in [0, 0.05) is 24.0 Å². The fraction of sp³-hybridized carbons (Fsp3) is 0.176.